The average Bonchev–Trinajstić information content (AvgIpc) is 3.35. The average molecular weight is 1060 g/mol. The molecule has 0 spiro atoms. The molecular weight excluding hydrogens is 977 g/mol. The quantitative estimate of drug-likeness (QED) is 0.0618. The standard InChI is InChI=1S/C52H84O22/c1-47(2)13-14-51(46(66)74-44-40(65)37(62)35(60)28(71-44)21-69-42-39(64)36(61)34(59)27(18-53)70-42)15-16-52(22-54)23(24(51)17-47)7-8-30-49(5)11-10-31(48(3,4)29(49)9-12-50(30,52)6)72-45-41(33(58)26(56)20-68-45)73-43-38(63)32(57)25(55)19-67-43/h7,24-45,53-65H,8-22H2,1-6H3. The summed E-state index contributed by atoms with van der Waals surface area (Å²) in [5.41, 5.74) is -2.10. The first-order chi connectivity index (χ1) is 34.7. The molecule has 5 aliphatic carbocycles. The Morgan fingerprint density at radius 3 is 1.91 bits per heavy atom. The lowest BCUT2D eigenvalue weighted by atomic mass is 9.33. The fourth-order valence-corrected chi connectivity index (χ4v) is 16.0. The first kappa shape index (κ1) is 57.1. The summed E-state index contributed by atoms with van der Waals surface area (Å²) in [5, 5.41) is 139. The molecule has 4 aliphatic heterocycles. The molecule has 9 aliphatic rings. The molecule has 0 radical (unpaired) electrons. The summed E-state index contributed by atoms with van der Waals surface area (Å²) >= 11 is 0. The zero-order valence-corrected chi connectivity index (χ0v) is 43.4. The minimum atomic E-state index is -1.86. The zero-order chi connectivity index (χ0) is 53.8. The van der Waals surface area contributed by atoms with E-state index < -0.39 is 158 Å². The minimum Gasteiger partial charge on any atom is -0.432 e. The van der Waals surface area contributed by atoms with E-state index in [-0.39, 0.29) is 48.4 Å². The Labute approximate surface area is 431 Å². The van der Waals surface area contributed by atoms with Crippen LogP contribution in [0.3, 0.4) is 0 Å². The smallest absolute Gasteiger partial charge is 0.315 e. The van der Waals surface area contributed by atoms with Crippen molar-refractivity contribution in [2.75, 3.05) is 33.0 Å². The van der Waals surface area contributed by atoms with Crippen molar-refractivity contribution in [3.8, 4) is 0 Å². The minimum absolute atomic E-state index is 0.104. The van der Waals surface area contributed by atoms with Crippen molar-refractivity contribution in [1.29, 1.82) is 0 Å². The van der Waals surface area contributed by atoms with Crippen LogP contribution in [0, 0.1) is 50.2 Å². The topological polar surface area (TPSA) is 354 Å². The third-order valence-corrected chi connectivity index (χ3v) is 20.6. The highest BCUT2D eigenvalue weighted by Gasteiger charge is 2.71. The third-order valence-electron chi connectivity index (χ3n) is 20.6. The molecular formula is C52H84O22. The molecule has 0 aromatic carbocycles. The van der Waals surface area contributed by atoms with Crippen LogP contribution in [0.15, 0.2) is 11.6 Å². The van der Waals surface area contributed by atoms with E-state index >= 15 is 4.79 Å². The van der Waals surface area contributed by atoms with E-state index in [1.165, 1.54) is 0 Å². The summed E-state index contributed by atoms with van der Waals surface area (Å²) in [6.45, 7) is 11.4. The van der Waals surface area contributed by atoms with Gasteiger partial charge in [0.1, 0.15) is 85.5 Å². The highest BCUT2D eigenvalue weighted by Crippen LogP contribution is 2.76. The van der Waals surface area contributed by atoms with Crippen LogP contribution < -0.4 is 0 Å². The Balaban J connectivity index is 0.934. The Kier molecular flexibility index (Phi) is 16.1. The summed E-state index contributed by atoms with van der Waals surface area (Å²) < 4.78 is 47.3. The van der Waals surface area contributed by atoms with Crippen molar-refractivity contribution in [3.63, 3.8) is 0 Å². The molecule has 424 valence electrons. The van der Waals surface area contributed by atoms with Crippen LogP contribution in [0.4, 0.5) is 0 Å². The van der Waals surface area contributed by atoms with Gasteiger partial charge < -0.3 is 104 Å². The summed E-state index contributed by atoms with van der Waals surface area (Å²) in [6.07, 6.45) is -19.9. The van der Waals surface area contributed by atoms with Crippen molar-refractivity contribution in [2.45, 2.75) is 222 Å². The summed E-state index contributed by atoms with van der Waals surface area (Å²) in [7, 11) is 0. The van der Waals surface area contributed by atoms with Crippen LogP contribution in [0.5, 0.6) is 0 Å². The number of aliphatic hydroxyl groups is 13. The van der Waals surface area contributed by atoms with Gasteiger partial charge in [0.2, 0.25) is 6.29 Å². The summed E-state index contributed by atoms with van der Waals surface area (Å²) in [4.78, 5) is 15.1. The van der Waals surface area contributed by atoms with E-state index in [1.807, 2.05) is 0 Å². The highest BCUT2D eigenvalue weighted by molar-refractivity contribution is 5.79. The Hall–Kier alpha value is -1.59. The van der Waals surface area contributed by atoms with Crippen LogP contribution in [-0.4, -0.2) is 222 Å². The first-order valence-corrected chi connectivity index (χ1v) is 26.8. The molecule has 74 heavy (non-hydrogen) atoms. The molecule has 0 aromatic rings. The fraction of sp³-hybridized carbons (Fsp3) is 0.942. The zero-order valence-electron chi connectivity index (χ0n) is 43.4. The molecule has 4 heterocycles. The van der Waals surface area contributed by atoms with Crippen LogP contribution in [0.25, 0.3) is 0 Å². The molecule has 0 bridgehead atoms. The van der Waals surface area contributed by atoms with Crippen molar-refractivity contribution in [3.05, 3.63) is 11.6 Å². The van der Waals surface area contributed by atoms with Gasteiger partial charge in [0.25, 0.3) is 0 Å². The molecule has 4 saturated heterocycles. The number of carbonyl (C=O) groups excluding carboxylic acids is 1. The van der Waals surface area contributed by atoms with Gasteiger partial charge in [-0.05, 0) is 104 Å². The second kappa shape index (κ2) is 20.8. The normalized spacial score (nSPS) is 53.1. The number of fused-ring (bicyclic) bond motifs is 7. The van der Waals surface area contributed by atoms with Crippen LogP contribution in [0.1, 0.15) is 106 Å². The molecule has 9 rings (SSSR count). The van der Waals surface area contributed by atoms with Gasteiger partial charge in [-0.25, -0.2) is 0 Å². The van der Waals surface area contributed by atoms with Gasteiger partial charge in [-0.2, -0.15) is 0 Å². The largest absolute Gasteiger partial charge is 0.432 e. The Morgan fingerprint density at radius 2 is 1.23 bits per heavy atom. The number of carbonyl (C=O) groups is 1. The molecule has 13 N–H and O–H groups in total. The Bertz CT molecular complexity index is 2020. The summed E-state index contributed by atoms with van der Waals surface area (Å²) in [5.74, 6) is -0.777. The predicted octanol–water partition coefficient (Wildman–Crippen LogP) is -1.78. The Morgan fingerprint density at radius 1 is 0.622 bits per heavy atom. The fourth-order valence-electron chi connectivity index (χ4n) is 16.0. The van der Waals surface area contributed by atoms with Crippen molar-refractivity contribution >= 4 is 5.97 Å². The lowest BCUT2D eigenvalue weighted by Crippen LogP contribution is -2.67. The molecule has 0 aromatic heterocycles. The highest BCUT2D eigenvalue weighted by atomic mass is 16.8. The maximum atomic E-state index is 15.1. The molecule has 26 unspecified atom stereocenters. The van der Waals surface area contributed by atoms with Crippen molar-refractivity contribution < 1.29 is 109 Å². The van der Waals surface area contributed by atoms with Gasteiger partial charge in [0, 0.05) is 5.41 Å². The molecule has 0 amide bonds. The number of aliphatic hydroxyl groups excluding tert-OH is 13. The number of hydrogen-bond donors (Lipinski definition) is 13. The van der Waals surface area contributed by atoms with E-state index in [2.05, 4.69) is 47.6 Å². The lowest BCUT2D eigenvalue weighted by Gasteiger charge is -2.71. The monoisotopic (exact) mass is 1060 g/mol. The van der Waals surface area contributed by atoms with Crippen molar-refractivity contribution in [1.82, 2.24) is 0 Å². The maximum absolute atomic E-state index is 15.1. The second-order valence-electron chi connectivity index (χ2n) is 25.3. The first-order valence-electron chi connectivity index (χ1n) is 26.8. The molecule has 22 heteroatoms. The maximum Gasteiger partial charge on any atom is 0.315 e. The van der Waals surface area contributed by atoms with Crippen LogP contribution in [0.2, 0.25) is 0 Å². The van der Waals surface area contributed by atoms with Crippen LogP contribution >= 0.6 is 0 Å². The van der Waals surface area contributed by atoms with E-state index in [0.717, 1.165) is 24.8 Å². The van der Waals surface area contributed by atoms with Gasteiger partial charge >= 0.3 is 5.97 Å². The second-order valence-corrected chi connectivity index (χ2v) is 25.3. The van der Waals surface area contributed by atoms with E-state index in [0.29, 0.717) is 44.9 Å². The number of rotatable bonds is 11. The van der Waals surface area contributed by atoms with Crippen molar-refractivity contribution in [2.24, 2.45) is 50.2 Å². The van der Waals surface area contributed by atoms with Gasteiger partial charge in [-0.15, -0.1) is 0 Å². The summed E-state index contributed by atoms with van der Waals surface area (Å²) in [6, 6.07) is 0. The number of allylic oxidation sites excluding steroid dienone is 1. The van der Waals surface area contributed by atoms with Gasteiger partial charge in [-0.1, -0.05) is 53.2 Å². The van der Waals surface area contributed by atoms with E-state index in [9.17, 15) is 66.4 Å². The van der Waals surface area contributed by atoms with Gasteiger partial charge in [-0.3, -0.25) is 4.79 Å². The van der Waals surface area contributed by atoms with E-state index in [1.54, 1.807) is 0 Å². The predicted molar refractivity (Wildman–Crippen MR) is 252 cm³/mol. The number of ether oxygens (including phenoxy) is 8. The SMILES string of the molecule is CC1(C)CCC2(C(=O)OC3OC(COC4OC(CO)C(O)C(O)C4O)C(O)C(O)C3O)CCC3(CO)C(=CCC4C5(C)CCC(OC6OCC(O)C(O)C6OC6OCC(O)C(O)C6O)C(C)(C)C5CCC43C)C2C1. The number of hydrogen-bond acceptors (Lipinski definition) is 22. The molecule has 8 fully saturated rings. The van der Waals surface area contributed by atoms with Gasteiger partial charge in [0.15, 0.2) is 18.9 Å². The van der Waals surface area contributed by atoms with Gasteiger partial charge in [0.05, 0.1) is 44.6 Å². The van der Waals surface area contributed by atoms with Crippen LogP contribution in [-0.2, 0) is 42.7 Å². The molecule has 22 nitrogen and oxygen atoms in total. The molecule has 4 saturated carbocycles. The molecule has 26 atom stereocenters. The van der Waals surface area contributed by atoms with E-state index in [4.69, 9.17) is 37.9 Å². The number of esters is 1. The lowest BCUT2D eigenvalue weighted by molar-refractivity contribution is -0.357. The third kappa shape index (κ3) is 9.26.